The van der Waals surface area contributed by atoms with Gasteiger partial charge in [0.2, 0.25) is 0 Å². The summed E-state index contributed by atoms with van der Waals surface area (Å²) in [4.78, 5) is 15.6. The summed E-state index contributed by atoms with van der Waals surface area (Å²) < 4.78 is 0. The molecule has 14 heavy (non-hydrogen) atoms. The van der Waals surface area contributed by atoms with Gasteiger partial charge in [0, 0.05) is 11.6 Å². The first-order chi connectivity index (χ1) is 6.75. The zero-order valence-corrected chi connectivity index (χ0v) is 8.08. The molecule has 1 aliphatic carbocycles. The second-order valence-electron chi connectivity index (χ2n) is 3.54. The molecule has 0 aliphatic heterocycles. The third kappa shape index (κ3) is 2.20. The van der Waals surface area contributed by atoms with Crippen LogP contribution in [0.3, 0.4) is 0 Å². The minimum absolute atomic E-state index is 0.166. The summed E-state index contributed by atoms with van der Waals surface area (Å²) in [6.07, 6.45) is 2.28. The van der Waals surface area contributed by atoms with Gasteiger partial charge in [-0.1, -0.05) is 12.0 Å². The minimum Gasteiger partial charge on any atom is -0.277 e. The lowest BCUT2D eigenvalue weighted by Crippen LogP contribution is -1.99. The molecule has 0 amide bonds. The second kappa shape index (κ2) is 3.63. The van der Waals surface area contributed by atoms with E-state index in [1.54, 1.807) is 6.07 Å². The number of hydrogen-bond donors (Lipinski definition) is 0. The fourth-order valence-electron chi connectivity index (χ4n) is 1.13. The van der Waals surface area contributed by atoms with Gasteiger partial charge in [0.15, 0.2) is 0 Å². The fourth-order valence-corrected chi connectivity index (χ4v) is 1.13. The van der Waals surface area contributed by atoms with Crippen molar-refractivity contribution in [2.75, 3.05) is 0 Å². The van der Waals surface area contributed by atoms with Gasteiger partial charge in [-0.3, -0.25) is 4.79 Å². The van der Waals surface area contributed by atoms with Crippen LogP contribution in [0.25, 0.3) is 0 Å². The van der Waals surface area contributed by atoms with Gasteiger partial charge in [0.1, 0.15) is 5.69 Å². The molecular formula is C12H11NO. The number of rotatable bonds is 1. The van der Waals surface area contributed by atoms with Crippen LogP contribution in [0, 0.1) is 24.7 Å². The lowest BCUT2D eigenvalue weighted by atomic mass is 10.2. The first kappa shape index (κ1) is 8.96. The highest BCUT2D eigenvalue weighted by Crippen LogP contribution is 2.27. The van der Waals surface area contributed by atoms with E-state index in [0.29, 0.717) is 11.6 Å². The Morgan fingerprint density at radius 3 is 2.93 bits per heavy atom. The standard InChI is InChI=1S/C12H11NO/c1-9-3-2-4-11(13-9)12(14)8-7-10-5-6-10/h2-4,10H,5-6H2,1H3. The van der Waals surface area contributed by atoms with Crippen LogP contribution in [-0.4, -0.2) is 10.8 Å². The summed E-state index contributed by atoms with van der Waals surface area (Å²) in [5, 5.41) is 0. The zero-order chi connectivity index (χ0) is 9.97. The van der Waals surface area contributed by atoms with E-state index in [-0.39, 0.29) is 5.78 Å². The fraction of sp³-hybridized carbons (Fsp3) is 0.333. The van der Waals surface area contributed by atoms with E-state index in [1.165, 1.54) is 0 Å². The van der Waals surface area contributed by atoms with Crippen LogP contribution in [0.2, 0.25) is 0 Å². The predicted octanol–water partition coefficient (Wildman–Crippen LogP) is 1.99. The highest BCUT2D eigenvalue weighted by molar-refractivity contribution is 6.07. The first-order valence-electron chi connectivity index (χ1n) is 4.75. The van der Waals surface area contributed by atoms with Crippen LogP contribution < -0.4 is 0 Å². The van der Waals surface area contributed by atoms with Crippen LogP contribution in [0.15, 0.2) is 18.2 Å². The Kier molecular flexibility index (Phi) is 2.32. The van der Waals surface area contributed by atoms with Crippen molar-refractivity contribution >= 4 is 5.78 Å². The molecule has 70 valence electrons. The van der Waals surface area contributed by atoms with Crippen LogP contribution in [-0.2, 0) is 0 Å². The number of aryl methyl sites for hydroxylation is 1. The lowest BCUT2D eigenvalue weighted by Gasteiger charge is -1.94. The van der Waals surface area contributed by atoms with Crippen molar-refractivity contribution in [2.45, 2.75) is 19.8 Å². The molecule has 2 nitrogen and oxygen atoms in total. The summed E-state index contributed by atoms with van der Waals surface area (Å²) in [6.45, 7) is 1.87. The van der Waals surface area contributed by atoms with E-state index < -0.39 is 0 Å². The average molecular weight is 185 g/mol. The highest BCUT2D eigenvalue weighted by Gasteiger charge is 2.18. The van der Waals surface area contributed by atoms with Gasteiger partial charge >= 0.3 is 0 Å². The molecule has 1 aliphatic rings. The molecule has 1 heterocycles. The maximum Gasteiger partial charge on any atom is 0.254 e. The second-order valence-corrected chi connectivity index (χ2v) is 3.54. The largest absolute Gasteiger partial charge is 0.277 e. The summed E-state index contributed by atoms with van der Waals surface area (Å²) in [5.41, 5.74) is 1.31. The van der Waals surface area contributed by atoms with E-state index in [1.807, 2.05) is 19.1 Å². The Morgan fingerprint density at radius 2 is 2.29 bits per heavy atom. The predicted molar refractivity (Wildman–Crippen MR) is 53.8 cm³/mol. The third-order valence-electron chi connectivity index (χ3n) is 2.09. The van der Waals surface area contributed by atoms with Crippen molar-refractivity contribution in [2.24, 2.45) is 5.92 Å². The van der Waals surface area contributed by atoms with Crippen LogP contribution in [0.1, 0.15) is 29.0 Å². The Hall–Kier alpha value is -1.62. The van der Waals surface area contributed by atoms with Gasteiger partial charge < -0.3 is 0 Å². The number of hydrogen-bond acceptors (Lipinski definition) is 2. The van der Waals surface area contributed by atoms with Crippen molar-refractivity contribution < 1.29 is 4.79 Å². The maximum atomic E-state index is 11.5. The highest BCUT2D eigenvalue weighted by atomic mass is 16.1. The summed E-state index contributed by atoms with van der Waals surface area (Å²) in [7, 11) is 0. The van der Waals surface area contributed by atoms with Crippen molar-refractivity contribution in [1.29, 1.82) is 0 Å². The van der Waals surface area contributed by atoms with Gasteiger partial charge in [-0.25, -0.2) is 4.98 Å². The number of carbonyl (C=O) groups excluding carboxylic acids is 1. The van der Waals surface area contributed by atoms with E-state index in [2.05, 4.69) is 16.8 Å². The molecule has 2 rings (SSSR count). The van der Waals surface area contributed by atoms with Crippen LogP contribution in [0.5, 0.6) is 0 Å². The third-order valence-corrected chi connectivity index (χ3v) is 2.09. The molecule has 0 atom stereocenters. The molecule has 0 N–H and O–H groups in total. The maximum absolute atomic E-state index is 11.5. The Bertz CT molecular complexity index is 421. The first-order valence-corrected chi connectivity index (χ1v) is 4.75. The quantitative estimate of drug-likeness (QED) is 0.380. The van der Waals surface area contributed by atoms with Gasteiger partial charge in [-0.15, -0.1) is 0 Å². The van der Waals surface area contributed by atoms with Gasteiger partial charge in [-0.05, 0) is 37.8 Å². The summed E-state index contributed by atoms with van der Waals surface area (Å²) in [5.74, 6) is 5.87. The monoisotopic (exact) mass is 185 g/mol. The van der Waals surface area contributed by atoms with E-state index in [9.17, 15) is 4.79 Å². The minimum atomic E-state index is -0.166. The van der Waals surface area contributed by atoms with E-state index in [4.69, 9.17) is 0 Å². The molecule has 0 saturated heterocycles. The molecular weight excluding hydrogens is 174 g/mol. The van der Waals surface area contributed by atoms with Gasteiger partial charge in [0.05, 0.1) is 0 Å². The molecule has 2 heteroatoms. The smallest absolute Gasteiger partial charge is 0.254 e. The number of aromatic nitrogens is 1. The summed E-state index contributed by atoms with van der Waals surface area (Å²) >= 11 is 0. The number of nitrogens with zero attached hydrogens (tertiary/aromatic N) is 1. The van der Waals surface area contributed by atoms with E-state index in [0.717, 1.165) is 18.5 Å². The zero-order valence-electron chi connectivity index (χ0n) is 8.08. The van der Waals surface area contributed by atoms with Gasteiger partial charge in [0.25, 0.3) is 5.78 Å². The number of ketones is 1. The van der Waals surface area contributed by atoms with Gasteiger partial charge in [-0.2, -0.15) is 0 Å². The molecule has 1 aromatic rings. The molecule has 1 aromatic heterocycles. The summed E-state index contributed by atoms with van der Waals surface area (Å²) in [6, 6.07) is 5.40. The topological polar surface area (TPSA) is 30.0 Å². The molecule has 1 fully saturated rings. The molecule has 1 saturated carbocycles. The van der Waals surface area contributed by atoms with E-state index >= 15 is 0 Å². The molecule has 0 unspecified atom stereocenters. The normalized spacial score (nSPS) is 14.4. The van der Waals surface area contributed by atoms with Crippen molar-refractivity contribution in [3.8, 4) is 11.8 Å². The van der Waals surface area contributed by atoms with Crippen molar-refractivity contribution in [3.63, 3.8) is 0 Å². The van der Waals surface area contributed by atoms with Crippen LogP contribution in [0.4, 0.5) is 0 Å². The van der Waals surface area contributed by atoms with Crippen molar-refractivity contribution in [3.05, 3.63) is 29.6 Å². The molecule has 0 radical (unpaired) electrons. The van der Waals surface area contributed by atoms with Crippen molar-refractivity contribution in [1.82, 2.24) is 4.98 Å². The number of Topliss-reactive ketones (excluding diaryl/α,β-unsaturated/α-hetero) is 1. The Labute approximate surface area is 83.4 Å². The lowest BCUT2D eigenvalue weighted by molar-refractivity contribution is 0.105. The Morgan fingerprint density at radius 1 is 1.50 bits per heavy atom. The SMILES string of the molecule is Cc1cccc(C(=O)C#CC2CC2)n1. The molecule has 0 aromatic carbocycles. The number of carbonyl (C=O) groups is 1. The molecule has 0 spiro atoms. The average Bonchev–Trinajstić information content (AvgIpc) is 2.97. The molecule has 0 bridgehead atoms. The Balaban J connectivity index is 2.15. The number of pyridine rings is 1. The van der Waals surface area contributed by atoms with Crippen LogP contribution >= 0.6 is 0 Å².